The number of rotatable bonds is 6. The molecule has 2 aromatic carbocycles. The summed E-state index contributed by atoms with van der Waals surface area (Å²) in [6.45, 7) is 0. The van der Waals surface area contributed by atoms with Crippen LogP contribution < -0.4 is 9.47 Å². The summed E-state index contributed by atoms with van der Waals surface area (Å²) in [7, 11) is 3.42. The lowest BCUT2D eigenvalue weighted by atomic mass is 10.3. The van der Waals surface area contributed by atoms with Gasteiger partial charge >= 0.3 is 0 Å². The average molecular weight is 339 g/mol. The number of hydrogen-bond donors (Lipinski definition) is 0. The molecule has 0 aliphatic heterocycles. The van der Waals surface area contributed by atoms with E-state index in [4.69, 9.17) is 9.47 Å². The van der Waals surface area contributed by atoms with Crippen LogP contribution in [0.15, 0.2) is 56.0 Å². The normalized spacial score (nSPS) is 10.5. The van der Waals surface area contributed by atoms with Gasteiger partial charge in [-0.15, -0.1) is 23.5 Å². The van der Waals surface area contributed by atoms with Gasteiger partial charge < -0.3 is 9.47 Å². The smallest absolute Gasteiger partial charge is 0.133 e. The molecule has 0 spiro atoms. The van der Waals surface area contributed by atoms with Crippen LogP contribution in [0, 0.1) is 0 Å². The van der Waals surface area contributed by atoms with E-state index >= 15 is 0 Å². The minimum Gasteiger partial charge on any atom is -0.496 e. The molecule has 2 aromatic rings. The van der Waals surface area contributed by atoms with Crippen molar-refractivity contribution in [2.24, 2.45) is 0 Å². The van der Waals surface area contributed by atoms with Crippen molar-refractivity contribution in [2.45, 2.75) is 19.6 Å². The van der Waals surface area contributed by atoms with Crippen molar-refractivity contribution in [2.75, 3.05) is 26.7 Å². The van der Waals surface area contributed by atoms with E-state index in [1.54, 1.807) is 49.5 Å². The Morgan fingerprint density at radius 2 is 1.14 bits per heavy atom. The zero-order valence-electron chi connectivity index (χ0n) is 12.5. The van der Waals surface area contributed by atoms with Crippen molar-refractivity contribution < 1.29 is 9.47 Å². The summed E-state index contributed by atoms with van der Waals surface area (Å²) in [5.41, 5.74) is 0. The van der Waals surface area contributed by atoms with Crippen molar-refractivity contribution in [3.05, 3.63) is 36.4 Å². The lowest BCUT2D eigenvalue weighted by molar-refractivity contribution is 0.403. The molecule has 0 aromatic heterocycles. The molecule has 2 nitrogen and oxygen atoms in total. The lowest BCUT2D eigenvalue weighted by Gasteiger charge is -2.10. The summed E-state index contributed by atoms with van der Waals surface area (Å²) in [6.07, 6.45) is 4.10. The lowest BCUT2D eigenvalue weighted by Crippen LogP contribution is -1.88. The first-order chi connectivity index (χ1) is 10.2. The van der Waals surface area contributed by atoms with Crippen LogP contribution in [0.25, 0.3) is 0 Å². The van der Waals surface area contributed by atoms with E-state index in [9.17, 15) is 0 Å². The highest BCUT2D eigenvalue weighted by Crippen LogP contribution is 2.38. The van der Waals surface area contributed by atoms with Gasteiger partial charge in [0.05, 0.1) is 14.2 Å². The van der Waals surface area contributed by atoms with Gasteiger partial charge in [0.1, 0.15) is 11.5 Å². The van der Waals surface area contributed by atoms with Crippen LogP contribution in [0.1, 0.15) is 0 Å². The summed E-state index contributed by atoms with van der Waals surface area (Å²) in [6, 6.07) is 12.6. The first-order valence-electron chi connectivity index (χ1n) is 6.33. The van der Waals surface area contributed by atoms with Crippen molar-refractivity contribution in [3.8, 4) is 11.5 Å². The minimum atomic E-state index is 0.917. The van der Waals surface area contributed by atoms with Gasteiger partial charge in [0.25, 0.3) is 0 Å². The highest BCUT2D eigenvalue weighted by Gasteiger charge is 2.07. The highest BCUT2D eigenvalue weighted by molar-refractivity contribution is 7.99. The maximum atomic E-state index is 5.43. The number of ether oxygens (including phenoxy) is 2. The first kappa shape index (κ1) is 16.5. The third kappa shape index (κ3) is 4.05. The molecule has 0 saturated carbocycles. The largest absolute Gasteiger partial charge is 0.496 e. The monoisotopic (exact) mass is 338 g/mol. The van der Waals surface area contributed by atoms with Crippen molar-refractivity contribution >= 4 is 35.3 Å². The predicted molar refractivity (Wildman–Crippen MR) is 93.7 cm³/mol. The highest BCUT2D eigenvalue weighted by atomic mass is 32.2. The van der Waals surface area contributed by atoms with E-state index in [2.05, 4.69) is 48.9 Å². The molecular weight excluding hydrogens is 320 g/mol. The molecule has 0 bridgehead atoms. The first-order valence-corrected chi connectivity index (χ1v) is 9.60. The van der Waals surface area contributed by atoms with Crippen LogP contribution in [0.3, 0.4) is 0 Å². The molecule has 0 amide bonds. The Balaban J connectivity index is 2.25. The van der Waals surface area contributed by atoms with E-state index in [0.29, 0.717) is 0 Å². The Bertz CT molecular complexity index is 561. The maximum absolute atomic E-state index is 5.43. The fourth-order valence-corrected chi connectivity index (χ4v) is 3.87. The minimum absolute atomic E-state index is 0.917. The molecule has 0 heterocycles. The summed E-state index contributed by atoms with van der Waals surface area (Å²) >= 11 is 5.08. The Morgan fingerprint density at radius 3 is 1.48 bits per heavy atom. The number of methoxy groups -OCH3 is 2. The topological polar surface area (TPSA) is 18.5 Å². The third-order valence-electron chi connectivity index (χ3n) is 2.95. The van der Waals surface area contributed by atoms with E-state index in [1.165, 1.54) is 0 Å². The molecule has 112 valence electrons. The number of benzene rings is 2. The van der Waals surface area contributed by atoms with Crippen LogP contribution in [-0.2, 0) is 0 Å². The quantitative estimate of drug-likeness (QED) is 0.663. The molecule has 0 saturated heterocycles. The van der Waals surface area contributed by atoms with Crippen LogP contribution in [-0.4, -0.2) is 26.7 Å². The van der Waals surface area contributed by atoms with Gasteiger partial charge in [-0.05, 0) is 48.9 Å². The molecule has 0 aliphatic carbocycles. The van der Waals surface area contributed by atoms with E-state index in [1.807, 2.05) is 0 Å². The van der Waals surface area contributed by atoms with Crippen LogP contribution in [0.4, 0.5) is 0 Å². The second-order valence-electron chi connectivity index (χ2n) is 4.14. The van der Waals surface area contributed by atoms with Gasteiger partial charge in [-0.25, -0.2) is 0 Å². The Morgan fingerprint density at radius 1 is 0.714 bits per heavy atom. The number of thioether (sulfide) groups is 2. The Kier molecular flexibility index (Phi) is 6.21. The molecule has 2 rings (SSSR count). The molecule has 0 N–H and O–H groups in total. The molecule has 0 unspecified atom stereocenters. The summed E-state index contributed by atoms with van der Waals surface area (Å²) < 4.78 is 10.9. The van der Waals surface area contributed by atoms with Crippen LogP contribution in [0.5, 0.6) is 11.5 Å². The molecule has 21 heavy (non-hydrogen) atoms. The molecule has 0 atom stereocenters. The summed E-state index contributed by atoms with van der Waals surface area (Å²) in [5.74, 6) is 1.83. The zero-order valence-corrected chi connectivity index (χ0v) is 15.0. The van der Waals surface area contributed by atoms with Crippen LogP contribution >= 0.6 is 35.3 Å². The third-order valence-corrected chi connectivity index (χ3v) is 5.48. The van der Waals surface area contributed by atoms with Crippen molar-refractivity contribution in [1.29, 1.82) is 0 Å². The second kappa shape index (κ2) is 7.92. The van der Waals surface area contributed by atoms with E-state index < -0.39 is 0 Å². The Labute approximate surface area is 139 Å². The average Bonchev–Trinajstić information content (AvgIpc) is 2.54. The maximum Gasteiger partial charge on any atom is 0.133 e. The fourth-order valence-electron chi connectivity index (χ4n) is 1.90. The second-order valence-corrected chi connectivity index (χ2v) is 6.98. The zero-order chi connectivity index (χ0) is 15.2. The molecule has 0 radical (unpaired) electrons. The van der Waals surface area contributed by atoms with Crippen molar-refractivity contribution in [1.82, 2.24) is 0 Å². The summed E-state index contributed by atoms with van der Waals surface area (Å²) in [5, 5.41) is 0. The molecule has 0 aliphatic rings. The van der Waals surface area contributed by atoms with Crippen molar-refractivity contribution in [3.63, 3.8) is 0 Å². The predicted octanol–water partition coefficient (Wildman–Crippen LogP) is 5.30. The van der Waals surface area contributed by atoms with E-state index in [-0.39, 0.29) is 0 Å². The molecular formula is C16H18O2S3. The molecule has 0 fully saturated rings. The summed E-state index contributed by atoms with van der Waals surface area (Å²) in [4.78, 5) is 4.61. The SMILES string of the molecule is COc1cc(Sc2ccc(SC)c(OC)c2)ccc1SC. The van der Waals surface area contributed by atoms with Gasteiger partial charge in [-0.2, -0.15) is 0 Å². The van der Waals surface area contributed by atoms with Gasteiger partial charge in [-0.1, -0.05) is 11.8 Å². The van der Waals surface area contributed by atoms with Crippen LogP contribution in [0.2, 0.25) is 0 Å². The molecule has 5 heteroatoms. The standard InChI is InChI=1S/C16H18O2S3/c1-17-13-9-11(5-7-15(13)19-3)21-12-6-8-16(20-4)14(10-12)18-2/h5-10H,1-4H3. The van der Waals surface area contributed by atoms with Gasteiger partial charge in [-0.3, -0.25) is 0 Å². The Hall–Kier alpha value is -0.910. The van der Waals surface area contributed by atoms with Gasteiger partial charge in [0, 0.05) is 19.6 Å². The van der Waals surface area contributed by atoms with Gasteiger partial charge in [0.15, 0.2) is 0 Å². The number of hydrogen-bond acceptors (Lipinski definition) is 5. The van der Waals surface area contributed by atoms with Gasteiger partial charge in [0.2, 0.25) is 0 Å². The fraction of sp³-hybridized carbons (Fsp3) is 0.250. The van der Waals surface area contributed by atoms with E-state index in [0.717, 1.165) is 31.1 Å².